The summed E-state index contributed by atoms with van der Waals surface area (Å²) in [6.45, 7) is 1.25. The van der Waals surface area contributed by atoms with E-state index in [4.69, 9.17) is 4.74 Å². The van der Waals surface area contributed by atoms with Gasteiger partial charge in [-0.15, -0.1) is 24.0 Å². The van der Waals surface area contributed by atoms with Gasteiger partial charge in [0.2, 0.25) is 0 Å². The molecule has 8 heteroatoms. The number of aryl methyl sites for hydroxylation is 1. The van der Waals surface area contributed by atoms with Crippen molar-refractivity contribution in [2.75, 3.05) is 14.2 Å². The van der Waals surface area contributed by atoms with E-state index in [0.717, 1.165) is 17.1 Å². The number of aromatic nitrogens is 3. The van der Waals surface area contributed by atoms with Gasteiger partial charge in [-0.1, -0.05) is 12.1 Å². The SMILES string of the molecule is CN=C(NCc1ccc(OC)cc1)NCc1ncnn1C.I. The van der Waals surface area contributed by atoms with Gasteiger partial charge in [-0.3, -0.25) is 9.67 Å². The molecule has 22 heavy (non-hydrogen) atoms. The first-order valence-electron chi connectivity index (χ1n) is 6.63. The van der Waals surface area contributed by atoms with E-state index in [1.54, 1.807) is 18.8 Å². The molecule has 2 rings (SSSR count). The fraction of sp³-hybridized carbons (Fsp3) is 0.357. The van der Waals surface area contributed by atoms with Crippen LogP contribution in [0.1, 0.15) is 11.4 Å². The zero-order valence-electron chi connectivity index (χ0n) is 12.9. The molecule has 0 spiro atoms. The molecule has 1 heterocycles. The Bertz CT molecular complexity index is 596. The Morgan fingerprint density at radius 1 is 1.23 bits per heavy atom. The summed E-state index contributed by atoms with van der Waals surface area (Å²) in [5.74, 6) is 2.42. The number of hydrogen-bond acceptors (Lipinski definition) is 4. The quantitative estimate of drug-likeness (QED) is 0.437. The first kappa shape index (κ1) is 18.2. The van der Waals surface area contributed by atoms with Crippen LogP contribution in [0.3, 0.4) is 0 Å². The molecule has 0 saturated carbocycles. The molecule has 0 aliphatic heterocycles. The zero-order valence-corrected chi connectivity index (χ0v) is 15.2. The van der Waals surface area contributed by atoms with Crippen LogP contribution in [-0.2, 0) is 20.1 Å². The normalized spacial score (nSPS) is 10.8. The van der Waals surface area contributed by atoms with Gasteiger partial charge < -0.3 is 15.4 Å². The smallest absolute Gasteiger partial charge is 0.191 e. The molecule has 0 atom stereocenters. The molecule has 0 saturated heterocycles. The Morgan fingerprint density at radius 3 is 2.45 bits per heavy atom. The third-order valence-electron chi connectivity index (χ3n) is 3.06. The highest BCUT2D eigenvalue weighted by Gasteiger charge is 2.03. The number of guanidine groups is 1. The summed E-state index contributed by atoms with van der Waals surface area (Å²) >= 11 is 0. The van der Waals surface area contributed by atoms with Crippen LogP contribution in [-0.4, -0.2) is 34.9 Å². The van der Waals surface area contributed by atoms with Gasteiger partial charge in [-0.05, 0) is 17.7 Å². The Hall–Kier alpha value is -1.84. The van der Waals surface area contributed by atoms with Gasteiger partial charge in [0.1, 0.15) is 17.9 Å². The number of ether oxygens (including phenoxy) is 1. The Labute approximate surface area is 147 Å². The fourth-order valence-corrected chi connectivity index (χ4v) is 1.79. The average Bonchev–Trinajstić information content (AvgIpc) is 2.93. The fourth-order valence-electron chi connectivity index (χ4n) is 1.79. The minimum Gasteiger partial charge on any atom is -0.497 e. The van der Waals surface area contributed by atoms with Crippen LogP contribution in [0.4, 0.5) is 0 Å². The highest BCUT2D eigenvalue weighted by Crippen LogP contribution is 2.10. The third-order valence-corrected chi connectivity index (χ3v) is 3.06. The predicted molar refractivity (Wildman–Crippen MR) is 96.5 cm³/mol. The van der Waals surface area contributed by atoms with Crippen LogP contribution in [0, 0.1) is 0 Å². The number of aliphatic imine (C=N–C) groups is 1. The second-order valence-electron chi connectivity index (χ2n) is 4.43. The van der Waals surface area contributed by atoms with Gasteiger partial charge in [-0.25, -0.2) is 4.98 Å². The molecule has 0 aliphatic carbocycles. The summed E-state index contributed by atoms with van der Waals surface area (Å²) < 4.78 is 6.86. The maximum absolute atomic E-state index is 5.14. The molecular weight excluding hydrogens is 395 g/mol. The van der Waals surface area contributed by atoms with Crippen molar-refractivity contribution in [1.82, 2.24) is 25.4 Å². The van der Waals surface area contributed by atoms with E-state index in [1.807, 2.05) is 31.3 Å². The molecule has 120 valence electrons. The topological polar surface area (TPSA) is 76.4 Å². The second kappa shape index (κ2) is 9.23. The summed E-state index contributed by atoms with van der Waals surface area (Å²) in [6.07, 6.45) is 1.53. The van der Waals surface area contributed by atoms with Crippen molar-refractivity contribution >= 4 is 29.9 Å². The van der Waals surface area contributed by atoms with Gasteiger partial charge in [0, 0.05) is 20.6 Å². The standard InChI is InChI=1S/C14H20N6O.HI/c1-15-14(17-9-13-18-10-19-20(13)2)16-8-11-4-6-12(21-3)7-5-11;/h4-7,10H,8-9H2,1-3H3,(H2,15,16,17);1H. The predicted octanol–water partition coefficient (Wildman–Crippen LogP) is 1.31. The number of nitrogens with zero attached hydrogens (tertiary/aromatic N) is 4. The number of rotatable bonds is 5. The minimum atomic E-state index is 0. The molecule has 0 aliphatic rings. The molecule has 0 radical (unpaired) electrons. The van der Waals surface area contributed by atoms with E-state index < -0.39 is 0 Å². The number of hydrogen-bond donors (Lipinski definition) is 2. The van der Waals surface area contributed by atoms with E-state index in [0.29, 0.717) is 19.0 Å². The molecule has 7 nitrogen and oxygen atoms in total. The summed E-state index contributed by atoms with van der Waals surface area (Å²) in [5, 5.41) is 10.5. The van der Waals surface area contributed by atoms with E-state index in [9.17, 15) is 0 Å². The summed E-state index contributed by atoms with van der Waals surface area (Å²) in [5.41, 5.74) is 1.15. The van der Waals surface area contributed by atoms with Crippen molar-refractivity contribution in [1.29, 1.82) is 0 Å². The van der Waals surface area contributed by atoms with Gasteiger partial charge >= 0.3 is 0 Å². The molecule has 0 amide bonds. The lowest BCUT2D eigenvalue weighted by Gasteiger charge is -2.11. The van der Waals surface area contributed by atoms with Gasteiger partial charge in [0.25, 0.3) is 0 Å². The van der Waals surface area contributed by atoms with Crippen molar-refractivity contribution in [3.05, 3.63) is 42.0 Å². The van der Waals surface area contributed by atoms with Crippen LogP contribution in [0.5, 0.6) is 5.75 Å². The van der Waals surface area contributed by atoms with Crippen LogP contribution < -0.4 is 15.4 Å². The summed E-state index contributed by atoms with van der Waals surface area (Å²) in [7, 11) is 5.25. The van der Waals surface area contributed by atoms with E-state index in [1.165, 1.54) is 6.33 Å². The molecule has 0 unspecified atom stereocenters. The number of methoxy groups -OCH3 is 1. The van der Waals surface area contributed by atoms with Crippen LogP contribution >= 0.6 is 24.0 Å². The lowest BCUT2D eigenvalue weighted by Crippen LogP contribution is -2.36. The van der Waals surface area contributed by atoms with Crippen molar-refractivity contribution in [2.45, 2.75) is 13.1 Å². The Balaban J connectivity index is 0.00000242. The summed E-state index contributed by atoms with van der Waals surface area (Å²) in [4.78, 5) is 8.33. The number of benzene rings is 1. The first-order valence-corrected chi connectivity index (χ1v) is 6.63. The minimum absolute atomic E-state index is 0. The van der Waals surface area contributed by atoms with Crippen molar-refractivity contribution in [3.8, 4) is 5.75 Å². The molecule has 0 fully saturated rings. The van der Waals surface area contributed by atoms with Crippen molar-refractivity contribution in [3.63, 3.8) is 0 Å². The Morgan fingerprint density at radius 2 is 1.91 bits per heavy atom. The molecular formula is C14H21IN6O. The highest BCUT2D eigenvalue weighted by molar-refractivity contribution is 14.0. The Kier molecular flexibility index (Phi) is 7.64. The zero-order chi connectivity index (χ0) is 15.1. The molecule has 0 bridgehead atoms. The third kappa shape index (κ3) is 5.17. The van der Waals surface area contributed by atoms with Gasteiger partial charge in [0.05, 0.1) is 13.7 Å². The molecule has 2 aromatic rings. The van der Waals surface area contributed by atoms with E-state index in [2.05, 4.69) is 25.7 Å². The second-order valence-corrected chi connectivity index (χ2v) is 4.43. The van der Waals surface area contributed by atoms with Crippen molar-refractivity contribution < 1.29 is 4.74 Å². The van der Waals surface area contributed by atoms with E-state index >= 15 is 0 Å². The maximum Gasteiger partial charge on any atom is 0.191 e. The monoisotopic (exact) mass is 416 g/mol. The molecule has 1 aromatic carbocycles. The number of nitrogens with one attached hydrogen (secondary N) is 2. The largest absolute Gasteiger partial charge is 0.497 e. The van der Waals surface area contributed by atoms with Crippen LogP contribution in [0.2, 0.25) is 0 Å². The van der Waals surface area contributed by atoms with E-state index in [-0.39, 0.29) is 24.0 Å². The van der Waals surface area contributed by atoms with Gasteiger partial charge in [-0.2, -0.15) is 5.10 Å². The van der Waals surface area contributed by atoms with Gasteiger partial charge in [0.15, 0.2) is 5.96 Å². The summed E-state index contributed by atoms with van der Waals surface area (Å²) in [6, 6.07) is 7.91. The van der Waals surface area contributed by atoms with Crippen LogP contribution in [0.15, 0.2) is 35.6 Å². The maximum atomic E-state index is 5.14. The lowest BCUT2D eigenvalue weighted by molar-refractivity contribution is 0.414. The highest BCUT2D eigenvalue weighted by atomic mass is 127. The van der Waals surface area contributed by atoms with Crippen LogP contribution in [0.25, 0.3) is 0 Å². The lowest BCUT2D eigenvalue weighted by atomic mass is 10.2. The van der Waals surface area contributed by atoms with Crippen molar-refractivity contribution in [2.24, 2.45) is 12.0 Å². The first-order chi connectivity index (χ1) is 10.2. The molecule has 2 N–H and O–H groups in total. The molecule has 1 aromatic heterocycles. The number of halogens is 1. The average molecular weight is 416 g/mol.